The van der Waals surface area contributed by atoms with Crippen molar-refractivity contribution in [1.82, 2.24) is 0 Å². The Labute approximate surface area is 95.4 Å². The van der Waals surface area contributed by atoms with Gasteiger partial charge in [0.05, 0.1) is 25.0 Å². The highest BCUT2D eigenvalue weighted by Gasteiger charge is 2.30. The number of carbonyl (C=O) groups excluding carboxylic acids is 1. The summed E-state index contributed by atoms with van der Waals surface area (Å²) in [5, 5.41) is 18.2. The average molecular weight is 232 g/mol. The van der Waals surface area contributed by atoms with Crippen LogP contribution in [0.1, 0.15) is 33.6 Å². The van der Waals surface area contributed by atoms with E-state index in [-0.39, 0.29) is 12.5 Å². The molecule has 0 fully saturated rings. The average Bonchev–Trinajstić information content (AvgIpc) is 2.12. The molecule has 0 aromatic rings. The number of rotatable bonds is 7. The van der Waals surface area contributed by atoms with E-state index in [0.29, 0.717) is 6.42 Å². The molecule has 0 rings (SSSR count). The van der Waals surface area contributed by atoms with Crippen molar-refractivity contribution in [2.75, 3.05) is 6.61 Å². The topological polar surface area (TPSA) is 83.8 Å². The Bertz CT molecular complexity index is 237. The van der Waals surface area contributed by atoms with Crippen LogP contribution in [0.2, 0.25) is 0 Å². The predicted octanol–water partition coefficient (Wildman–Crippen LogP) is 1.05. The van der Waals surface area contributed by atoms with Gasteiger partial charge >= 0.3 is 11.9 Å². The molecule has 2 N–H and O–H groups in total. The summed E-state index contributed by atoms with van der Waals surface area (Å²) in [7, 11) is 0. The second-order valence-electron chi connectivity index (χ2n) is 4.15. The van der Waals surface area contributed by atoms with E-state index in [1.807, 2.05) is 13.8 Å². The number of carbonyl (C=O) groups is 2. The monoisotopic (exact) mass is 232 g/mol. The van der Waals surface area contributed by atoms with Crippen molar-refractivity contribution < 1.29 is 24.5 Å². The summed E-state index contributed by atoms with van der Waals surface area (Å²) in [5.74, 6) is -2.20. The fraction of sp³-hybridized carbons (Fsp3) is 0.818. The number of hydrogen-bond donors (Lipinski definition) is 2. The Morgan fingerprint density at radius 1 is 1.31 bits per heavy atom. The first-order chi connectivity index (χ1) is 7.38. The van der Waals surface area contributed by atoms with Gasteiger partial charge in [-0.25, -0.2) is 0 Å². The highest BCUT2D eigenvalue weighted by Crippen LogP contribution is 2.19. The Hall–Kier alpha value is -1.10. The third kappa shape index (κ3) is 5.70. The molecule has 94 valence electrons. The lowest BCUT2D eigenvalue weighted by Gasteiger charge is -2.21. The number of hydrogen-bond acceptors (Lipinski definition) is 4. The maximum atomic E-state index is 11.5. The first-order valence-corrected chi connectivity index (χ1v) is 5.44. The Morgan fingerprint density at radius 3 is 2.25 bits per heavy atom. The van der Waals surface area contributed by atoms with Crippen LogP contribution in [0.15, 0.2) is 0 Å². The quantitative estimate of drug-likeness (QED) is 0.641. The smallest absolute Gasteiger partial charge is 0.311 e. The zero-order valence-corrected chi connectivity index (χ0v) is 9.97. The largest absolute Gasteiger partial charge is 0.481 e. The lowest BCUT2D eigenvalue weighted by atomic mass is 9.90. The summed E-state index contributed by atoms with van der Waals surface area (Å²) in [6.45, 7) is 5.71. The van der Waals surface area contributed by atoms with Gasteiger partial charge in [0, 0.05) is 0 Å². The van der Waals surface area contributed by atoms with Crippen molar-refractivity contribution in [3.8, 4) is 0 Å². The lowest BCUT2D eigenvalue weighted by molar-refractivity contribution is -0.154. The molecule has 0 saturated heterocycles. The molecule has 0 spiro atoms. The molecule has 0 unspecified atom stereocenters. The zero-order chi connectivity index (χ0) is 12.7. The maximum Gasteiger partial charge on any atom is 0.311 e. The maximum absolute atomic E-state index is 11.5. The third-order valence-corrected chi connectivity index (χ3v) is 2.16. The van der Waals surface area contributed by atoms with E-state index >= 15 is 0 Å². The van der Waals surface area contributed by atoms with Crippen LogP contribution in [-0.4, -0.2) is 34.9 Å². The van der Waals surface area contributed by atoms with Crippen molar-refractivity contribution in [1.29, 1.82) is 0 Å². The van der Waals surface area contributed by atoms with E-state index in [9.17, 15) is 14.7 Å². The van der Waals surface area contributed by atoms with Gasteiger partial charge in [0.2, 0.25) is 0 Å². The number of carboxylic acid groups (broad SMARTS) is 1. The van der Waals surface area contributed by atoms with Gasteiger partial charge < -0.3 is 14.9 Å². The standard InChI is InChI=1S/C11H20O5/c1-4-16-11(15)8(5-7(2)3)9(12)6-10(13)14/h7-9,12H,4-6H2,1-3H3,(H,13,14)/t8-,9+/m1/s1. The van der Waals surface area contributed by atoms with E-state index in [2.05, 4.69) is 0 Å². The van der Waals surface area contributed by atoms with Crippen LogP contribution in [0.3, 0.4) is 0 Å². The molecule has 16 heavy (non-hydrogen) atoms. The Morgan fingerprint density at radius 2 is 1.88 bits per heavy atom. The van der Waals surface area contributed by atoms with Crippen LogP contribution in [0.4, 0.5) is 0 Å². The Kier molecular flexibility index (Phi) is 6.72. The zero-order valence-electron chi connectivity index (χ0n) is 9.97. The second-order valence-corrected chi connectivity index (χ2v) is 4.15. The van der Waals surface area contributed by atoms with Crippen molar-refractivity contribution >= 4 is 11.9 Å². The molecule has 0 heterocycles. The molecule has 5 heteroatoms. The highest BCUT2D eigenvalue weighted by molar-refractivity contribution is 5.75. The minimum absolute atomic E-state index is 0.192. The van der Waals surface area contributed by atoms with E-state index in [1.54, 1.807) is 6.92 Å². The minimum atomic E-state index is -1.18. The fourth-order valence-corrected chi connectivity index (χ4v) is 1.49. The van der Waals surface area contributed by atoms with Crippen LogP contribution in [0.25, 0.3) is 0 Å². The van der Waals surface area contributed by atoms with Gasteiger partial charge in [-0.2, -0.15) is 0 Å². The number of ether oxygens (including phenoxy) is 1. The molecule has 2 atom stereocenters. The minimum Gasteiger partial charge on any atom is -0.481 e. The van der Waals surface area contributed by atoms with E-state index in [0.717, 1.165) is 0 Å². The van der Waals surface area contributed by atoms with Gasteiger partial charge in [-0.05, 0) is 19.3 Å². The fourth-order valence-electron chi connectivity index (χ4n) is 1.49. The van der Waals surface area contributed by atoms with Gasteiger partial charge in [0.15, 0.2) is 0 Å². The Balaban J connectivity index is 4.51. The SMILES string of the molecule is CCOC(=O)[C@H](CC(C)C)[C@@H](O)CC(=O)O. The van der Waals surface area contributed by atoms with Crippen molar-refractivity contribution in [2.24, 2.45) is 11.8 Å². The molecule has 0 aliphatic rings. The van der Waals surface area contributed by atoms with Gasteiger partial charge in [0.1, 0.15) is 0 Å². The van der Waals surface area contributed by atoms with Crippen molar-refractivity contribution in [2.45, 2.75) is 39.7 Å². The summed E-state index contributed by atoms with van der Waals surface area (Å²) < 4.78 is 4.82. The number of aliphatic hydroxyl groups excluding tert-OH is 1. The van der Waals surface area contributed by atoms with Crippen LogP contribution >= 0.6 is 0 Å². The molecule has 0 saturated carbocycles. The van der Waals surface area contributed by atoms with Crippen LogP contribution in [-0.2, 0) is 14.3 Å². The number of esters is 1. The number of aliphatic hydroxyl groups is 1. The van der Waals surface area contributed by atoms with Crippen molar-refractivity contribution in [3.63, 3.8) is 0 Å². The summed E-state index contributed by atoms with van der Waals surface area (Å²) >= 11 is 0. The molecule has 0 aliphatic carbocycles. The molecule has 0 aromatic heterocycles. The first kappa shape index (κ1) is 14.9. The van der Waals surface area contributed by atoms with E-state index in [1.165, 1.54) is 0 Å². The summed E-state index contributed by atoms with van der Waals surface area (Å²) in [6.07, 6.45) is -1.19. The summed E-state index contributed by atoms with van der Waals surface area (Å²) in [6, 6.07) is 0. The number of aliphatic carboxylic acids is 1. The molecule has 0 bridgehead atoms. The molecule has 0 aromatic carbocycles. The summed E-state index contributed by atoms with van der Waals surface area (Å²) in [4.78, 5) is 22.0. The number of carboxylic acids is 1. The van der Waals surface area contributed by atoms with Gasteiger partial charge in [-0.1, -0.05) is 13.8 Å². The molecular formula is C11H20O5. The lowest BCUT2D eigenvalue weighted by Crippen LogP contribution is -2.32. The predicted molar refractivity (Wildman–Crippen MR) is 57.8 cm³/mol. The van der Waals surface area contributed by atoms with Gasteiger partial charge in [-0.3, -0.25) is 9.59 Å². The van der Waals surface area contributed by atoms with Gasteiger partial charge in [0.25, 0.3) is 0 Å². The molecule has 0 radical (unpaired) electrons. The molecule has 0 amide bonds. The molecule has 0 aliphatic heterocycles. The van der Waals surface area contributed by atoms with Gasteiger partial charge in [-0.15, -0.1) is 0 Å². The first-order valence-electron chi connectivity index (χ1n) is 5.44. The molecular weight excluding hydrogens is 212 g/mol. The third-order valence-electron chi connectivity index (χ3n) is 2.16. The van der Waals surface area contributed by atoms with E-state index < -0.39 is 30.4 Å². The van der Waals surface area contributed by atoms with E-state index in [4.69, 9.17) is 9.84 Å². The highest BCUT2D eigenvalue weighted by atomic mass is 16.5. The second kappa shape index (κ2) is 7.22. The van der Waals surface area contributed by atoms with Crippen LogP contribution in [0.5, 0.6) is 0 Å². The molecule has 5 nitrogen and oxygen atoms in total. The van der Waals surface area contributed by atoms with Crippen LogP contribution in [0, 0.1) is 11.8 Å². The van der Waals surface area contributed by atoms with Crippen molar-refractivity contribution in [3.05, 3.63) is 0 Å². The van der Waals surface area contributed by atoms with Crippen LogP contribution < -0.4 is 0 Å². The normalized spacial score (nSPS) is 14.6. The summed E-state index contributed by atoms with van der Waals surface area (Å²) in [5.41, 5.74) is 0.